The molecule has 1 saturated heterocycles. The lowest BCUT2D eigenvalue weighted by molar-refractivity contribution is -0.131. The lowest BCUT2D eigenvalue weighted by Gasteiger charge is -2.32. The Morgan fingerprint density at radius 2 is 1.88 bits per heavy atom. The quantitative estimate of drug-likeness (QED) is 0.886. The summed E-state index contributed by atoms with van der Waals surface area (Å²) in [6, 6.07) is 5.95. The maximum absolute atomic E-state index is 12.2. The molecular weight excluding hydrogens is 318 g/mol. The third-order valence-corrected chi connectivity index (χ3v) is 4.66. The maximum atomic E-state index is 12.2. The van der Waals surface area contributed by atoms with E-state index in [2.05, 4.69) is 5.32 Å². The SMILES string of the molecule is Cc1ccc(C)c(OCC(=O)NC2CCN(C(=O)CC#N)CC2)c1C. The Kier molecular flexibility index (Phi) is 6.40. The van der Waals surface area contributed by atoms with Gasteiger partial charge in [0, 0.05) is 19.1 Å². The molecule has 1 fully saturated rings. The van der Waals surface area contributed by atoms with Crippen molar-refractivity contribution in [2.24, 2.45) is 0 Å². The molecule has 6 nitrogen and oxygen atoms in total. The van der Waals surface area contributed by atoms with Crippen molar-refractivity contribution >= 4 is 11.8 Å². The van der Waals surface area contributed by atoms with E-state index < -0.39 is 0 Å². The summed E-state index contributed by atoms with van der Waals surface area (Å²) in [5.74, 6) is 0.482. The number of hydrogen-bond acceptors (Lipinski definition) is 4. The molecule has 0 saturated carbocycles. The van der Waals surface area contributed by atoms with Gasteiger partial charge in [0.25, 0.3) is 5.91 Å². The predicted molar refractivity (Wildman–Crippen MR) is 94.1 cm³/mol. The molecule has 25 heavy (non-hydrogen) atoms. The summed E-state index contributed by atoms with van der Waals surface area (Å²) in [4.78, 5) is 25.5. The van der Waals surface area contributed by atoms with Gasteiger partial charge in [-0.25, -0.2) is 0 Å². The van der Waals surface area contributed by atoms with Gasteiger partial charge in [-0.15, -0.1) is 0 Å². The zero-order valence-electron chi connectivity index (χ0n) is 15.1. The third kappa shape index (κ3) is 4.96. The molecule has 0 bridgehead atoms. The van der Waals surface area contributed by atoms with Crippen LogP contribution in [0.25, 0.3) is 0 Å². The van der Waals surface area contributed by atoms with Gasteiger partial charge in [0.05, 0.1) is 6.07 Å². The Morgan fingerprint density at radius 3 is 2.52 bits per heavy atom. The largest absolute Gasteiger partial charge is 0.483 e. The van der Waals surface area contributed by atoms with Crippen molar-refractivity contribution in [3.8, 4) is 11.8 Å². The van der Waals surface area contributed by atoms with E-state index >= 15 is 0 Å². The highest BCUT2D eigenvalue weighted by molar-refractivity contribution is 5.79. The fraction of sp³-hybridized carbons (Fsp3) is 0.526. The van der Waals surface area contributed by atoms with E-state index in [0.717, 1.165) is 22.4 Å². The molecule has 1 N–H and O–H groups in total. The number of aryl methyl sites for hydroxylation is 2. The Balaban J connectivity index is 1.80. The number of carbonyl (C=O) groups excluding carboxylic acids is 2. The van der Waals surface area contributed by atoms with Crippen molar-refractivity contribution < 1.29 is 14.3 Å². The van der Waals surface area contributed by atoms with Crippen LogP contribution in [-0.4, -0.2) is 42.5 Å². The standard InChI is InChI=1S/C19H25N3O3/c1-13-4-5-14(2)19(15(13)3)25-12-17(23)21-16-7-10-22(11-8-16)18(24)6-9-20/h4-5,16H,6-8,10-12H2,1-3H3,(H,21,23). The van der Waals surface area contributed by atoms with Gasteiger partial charge in [-0.3, -0.25) is 9.59 Å². The lowest BCUT2D eigenvalue weighted by atomic mass is 10.0. The first-order valence-corrected chi connectivity index (χ1v) is 8.56. The number of likely N-dealkylation sites (tertiary alicyclic amines) is 1. The van der Waals surface area contributed by atoms with E-state index in [1.165, 1.54) is 0 Å². The molecule has 1 aliphatic heterocycles. The molecule has 134 valence electrons. The summed E-state index contributed by atoms with van der Waals surface area (Å²) >= 11 is 0. The van der Waals surface area contributed by atoms with Crippen LogP contribution in [0.1, 0.15) is 36.0 Å². The first kappa shape index (κ1) is 18.8. The number of amides is 2. The van der Waals surface area contributed by atoms with E-state index in [0.29, 0.717) is 25.9 Å². The number of nitrogens with one attached hydrogen (secondary N) is 1. The van der Waals surface area contributed by atoms with Gasteiger partial charge in [0.15, 0.2) is 6.61 Å². The number of nitrogens with zero attached hydrogens (tertiary/aromatic N) is 2. The summed E-state index contributed by atoms with van der Waals surface area (Å²) < 4.78 is 5.73. The van der Waals surface area contributed by atoms with Crippen molar-refractivity contribution in [3.05, 3.63) is 28.8 Å². The number of benzene rings is 1. The topological polar surface area (TPSA) is 82.4 Å². The highest BCUT2D eigenvalue weighted by atomic mass is 16.5. The minimum atomic E-state index is -0.151. The summed E-state index contributed by atoms with van der Waals surface area (Å²) in [5.41, 5.74) is 3.20. The minimum absolute atomic E-state index is 0.0152. The van der Waals surface area contributed by atoms with Gasteiger partial charge >= 0.3 is 0 Å². The van der Waals surface area contributed by atoms with Gasteiger partial charge in [-0.2, -0.15) is 5.26 Å². The molecule has 0 spiro atoms. The molecule has 2 amide bonds. The fourth-order valence-electron chi connectivity index (χ4n) is 3.01. The number of rotatable bonds is 5. The second kappa shape index (κ2) is 8.52. The number of ether oxygens (including phenoxy) is 1. The smallest absolute Gasteiger partial charge is 0.258 e. The van der Waals surface area contributed by atoms with Crippen LogP contribution in [-0.2, 0) is 9.59 Å². The van der Waals surface area contributed by atoms with Crippen LogP contribution in [0.4, 0.5) is 0 Å². The molecule has 1 aromatic carbocycles. The first-order chi connectivity index (χ1) is 11.9. The average molecular weight is 343 g/mol. The van der Waals surface area contributed by atoms with Crippen molar-refractivity contribution in [2.45, 2.75) is 46.1 Å². The second-order valence-electron chi connectivity index (χ2n) is 6.50. The van der Waals surface area contributed by atoms with E-state index in [4.69, 9.17) is 10.00 Å². The van der Waals surface area contributed by atoms with E-state index in [1.54, 1.807) is 4.90 Å². The Hall–Kier alpha value is -2.55. The van der Waals surface area contributed by atoms with Gasteiger partial charge in [0.1, 0.15) is 12.2 Å². The van der Waals surface area contributed by atoms with Crippen molar-refractivity contribution in [2.75, 3.05) is 19.7 Å². The number of hydrogen-bond donors (Lipinski definition) is 1. The van der Waals surface area contributed by atoms with Crippen LogP contribution in [0.5, 0.6) is 5.75 Å². The zero-order valence-corrected chi connectivity index (χ0v) is 15.1. The molecule has 0 atom stereocenters. The fourth-order valence-corrected chi connectivity index (χ4v) is 3.01. The summed E-state index contributed by atoms with van der Waals surface area (Å²) in [6.45, 7) is 7.10. The van der Waals surface area contributed by atoms with Crippen molar-refractivity contribution in [1.29, 1.82) is 5.26 Å². The maximum Gasteiger partial charge on any atom is 0.258 e. The molecule has 2 rings (SSSR count). The zero-order chi connectivity index (χ0) is 18.4. The molecule has 0 aromatic heterocycles. The lowest BCUT2D eigenvalue weighted by Crippen LogP contribution is -2.47. The van der Waals surface area contributed by atoms with Crippen LogP contribution >= 0.6 is 0 Å². The summed E-state index contributed by atoms with van der Waals surface area (Å²) in [6.07, 6.45) is 1.32. The van der Waals surface area contributed by atoms with Gasteiger partial charge in [-0.05, 0) is 50.3 Å². The molecule has 6 heteroatoms. The van der Waals surface area contributed by atoms with Gasteiger partial charge in [0.2, 0.25) is 5.91 Å². The predicted octanol–water partition coefficient (Wildman–Crippen LogP) is 2.01. The molecule has 0 aliphatic carbocycles. The van der Waals surface area contributed by atoms with Crippen molar-refractivity contribution in [1.82, 2.24) is 10.2 Å². The van der Waals surface area contributed by atoms with Crippen LogP contribution in [0.15, 0.2) is 12.1 Å². The first-order valence-electron chi connectivity index (χ1n) is 8.56. The van der Waals surface area contributed by atoms with E-state index in [-0.39, 0.29) is 30.9 Å². The molecule has 1 aliphatic rings. The minimum Gasteiger partial charge on any atom is -0.483 e. The van der Waals surface area contributed by atoms with Gasteiger partial charge in [-0.1, -0.05) is 12.1 Å². The average Bonchev–Trinajstić information content (AvgIpc) is 2.59. The van der Waals surface area contributed by atoms with Crippen LogP contribution in [0.2, 0.25) is 0 Å². The molecule has 0 unspecified atom stereocenters. The highest BCUT2D eigenvalue weighted by Gasteiger charge is 2.23. The molecule has 1 heterocycles. The van der Waals surface area contributed by atoms with Crippen LogP contribution in [0.3, 0.4) is 0 Å². The molecule has 1 aromatic rings. The van der Waals surface area contributed by atoms with Crippen molar-refractivity contribution in [3.63, 3.8) is 0 Å². The number of piperidine rings is 1. The highest BCUT2D eigenvalue weighted by Crippen LogP contribution is 2.25. The normalized spacial score (nSPS) is 14.7. The summed E-state index contributed by atoms with van der Waals surface area (Å²) in [7, 11) is 0. The number of nitriles is 1. The Labute approximate surface area is 148 Å². The Morgan fingerprint density at radius 1 is 1.24 bits per heavy atom. The Bertz CT molecular complexity index is 686. The van der Waals surface area contributed by atoms with Crippen LogP contribution in [0, 0.1) is 32.1 Å². The van der Waals surface area contributed by atoms with Crippen LogP contribution < -0.4 is 10.1 Å². The van der Waals surface area contributed by atoms with E-state index in [1.807, 2.05) is 39.0 Å². The van der Waals surface area contributed by atoms with E-state index in [9.17, 15) is 9.59 Å². The van der Waals surface area contributed by atoms with Gasteiger partial charge < -0.3 is 15.0 Å². The number of carbonyl (C=O) groups is 2. The second-order valence-corrected chi connectivity index (χ2v) is 6.50. The molecule has 0 radical (unpaired) electrons. The third-order valence-electron chi connectivity index (χ3n) is 4.66. The molecular formula is C19H25N3O3. The summed E-state index contributed by atoms with van der Waals surface area (Å²) in [5, 5.41) is 11.5. The monoisotopic (exact) mass is 343 g/mol.